The van der Waals surface area contributed by atoms with Gasteiger partial charge in [0, 0.05) is 18.2 Å². The highest BCUT2D eigenvalue weighted by Gasteiger charge is 2.17. The third-order valence-corrected chi connectivity index (χ3v) is 6.59. The van der Waals surface area contributed by atoms with Crippen LogP contribution in [0.1, 0.15) is 70.9 Å². The molecule has 0 radical (unpaired) electrons. The van der Waals surface area contributed by atoms with E-state index in [1.165, 1.54) is 53.5 Å². The zero-order valence-electron chi connectivity index (χ0n) is 20.6. The SMILES string of the molecule is C=C(NCc1ccc(C(=C)CCCC(CC)CC(C)(C)C)cc1)C1=CC2C=CC=C2C=C1. The van der Waals surface area contributed by atoms with Gasteiger partial charge in [0.15, 0.2) is 0 Å². The van der Waals surface area contributed by atoms with Crippen molar-refractivity contribution in [2.45, 2.75) is 66.3 Å². The van der Waals surface area contributed by atoms with Gasteiger partial charge in [-0.25, -0.2) is 0 Å². The normalized spacial score (nSPS) is 18.1. The summed E-state index contributed by atoms with van der Waals surface area (Å²) in [7, 11) is 0. The predicted octanol–water partition coefficient (Wildman–Crippen LogP) is 8.54. The molecule has 2 aliphatic rings. The lowest BCUT2D eigenvalue weighted by atomic mass is 9.81. The van der Waals surface area contributed by atoms with Crippen LogP contribution in [0.5, 0.6) is 0 Å². The maximum absolute atomic E-state index is 4.36. The van der Waals surface area contributed by atoms with Crippen molar-refractivity contribution in [3.05, 3.63) is 102 Å². The lowest BCUT2D eigenvalue weighted by molar-refractivity contribution is 0.273. The summed E-state index contributed by atoms with van der Waals surface area (Å²) in [5.74, 6) is 1.23. The summed E-state index contributed by atoms with van der Waals surface area (Å²) in [6.45, 7) is 18.8. The minimum Gasteiger partial charge on any atom is -0.381 e. The van der Waals surface area contributed by atoms with Crippen LogP contribution in [0.3, 0.4) is 0 Å². The Hall–Kier alpha value is -2.54. The molecule has 1 aromatic rings. The Morgan fingerprint density at radius 3 is 2.53 bits per heavy atom. The van der Waals surface area contributed by atoms with Crippen molar-refractivity contribution in [3.8, 4) is 0 Å². The monoisotopic (exact) mass is 427 g/mol. The average molecular weight is 428 g/mol. The highest BCUT2D eigenvalue weighted by atomic mass is 14.9. The van der Waals surface area contributed by atoms with E-state index < -0.39 is 0 Å². The summed E-state index contributed by atoms with van der Waals surface area (Å²) in [6.07, 6.45) is 19.4. The van der Waals surface area contributed by atoms with E-state index in [0.717, 1.165) is 24.6 Å². The fourth-order valence-electron chi connectivity index (χ4n) is 4.70. The van der Waals surface area contributed by atoms with Crippen LogP contribution in [-0.4, -0.2) is 0 Å². The number of hydrogen-bond donors (Lipinski definition) is 1. The van der Waals surface area contributed by atoms with Gasteiger partial charge in [0.25, 0.3) is 0 Å². The molecule has 1 heteroatoms. The lowest BCUT2D eigenvalue weighted by Gasteiger charge is -2.25. The van der Waals surface area contributed by atoms with Crippen LogP contribution in [0, 0.1) is 17.3 Å². The summed E-state index contributed by atoms with van der Waals surface area (Å²) < 4.78 is 0. The van der Waals surface area contributed by atoms with Crippen LogP contribution < -0.4 is 5.32 Å². The molecule has 2 aliphatic carbocycles. The van der Waals surface area contributed by atoms with Gasteiger partial charge < -0.3 is 5.32 Å². The first-order chi connectivity index (χ1) is 15.2. The summed E-state index contributed by atoms with van der Waals surface area (Å²) in [4.78, 5) is 0. The smallest absolute Gasteiger partial charge is 0.0400 e. The molecule has 1 nitrogen and oxygen atoms in total. The van der Waals surface area contributed by atoms with Gasteiger partial charge in [-0.1, -0.05) is 114 Å². The van der Waals surface area contributed by atoms with Crippen LogP contribution in [0.2, 0.25) is 0 Å². The largest absolute Gasteiger partial charge is 0.381 e. The Kier molecular flexibility index (Phi) is 8.18. The standard InChI is InChI=1S/C31H41N/c1-7-25(21-31(4,5)6)11-8-10-23(2)27-16-14-26(15-17-27)22-32-24(3)29-19-18-28-12-9-13-30(28)20-29/h9,12-20,25,30,32H,2-3,7-8,10-11,21-22H2,1,4-6H3. The van der Waals surface area contributed by atoms with Crippen molar-refractivity contribution in [1.29, 1.82) is 0 Å². The van der Waals surface area contributed by atoms with Gasteiger partial charge in [-0.05, 0) is 58.4 Å². The van der Waals surface area contributed by atoms with Gasteiger partial charge in [0.1, 0.15) is 0 Å². The van der Waals surface area contributed by atoms with Gasteiger partial charge in [-0.15, -0.1) is 0 Å². The van der Waals surface area contributed by atoms with E-state index in [0.29, 0.717) is 11.3 Å². The second-order valence-electron chi connectivity index (χ2n) is 10.6. The molecule has 0 amide bonds. The molecular weight excluding hydrogens is 386 g/mol. The summed E-state index contributed by atoms with van der Waals surface area (Å²) in [5.41, 5.74) is 7.73. The van der Waals surface area contributed by atoms with Crippen LogP contribution in [0.25, 0.3) is 5.57 Å². The molecule has 0 bridgehead atoms. The van der Waals surface area contributed by atoms with Crippen LogP contribution >= 0.6 is 0 Å². The number of allylic oxidation sites excluding steroid dienone is 8. The Labute approximate surface area is 196 Å². The zero-order valence-corrected chi connectivity index (χ0v) is 20.6. The Morgan fingerprint density at radius 1 is 1.09 bits per heavy atom. The summed E-state index contributed by atoms with van der Waals surface area (Å²) in [5, 5.41) is 3.49. The first-order valence-corrected chi connectivity index (χ1v) is 12.2. The number of benzene rings is 1. The fourth-order valence-corrected chi connectivity index (χ4v) is 4.70. The topological polar surface area (TPSA) is 12.0 Å². The number of nitrogens with one attached hydrogen (secondary N) is 1. The highest BCUT2D eigenvalue weighted by Crippen LogP contribution is 2.31. The molecule has 0 aromatic heterocycles. The maximum atomic E-state index is 4.36. The second-order valence-corrected chi connectivity index (χ2v) is 10.6. The maximum Gasteiger partial charge on any atom is 0.0400 e. The molecule has 1 N–H and O–H groups in total. The molecule has 0 fully saturated rings. The molecule has 170 valence electrons. The van der Waals surface area contributed by atoms with Crippen molar-refractivity contribution < 1.29 is 0 Å². The number of hydrogen-bond acceptors (Lipinski definition) is 1. The first-order valence-electron chi connectivity index (χ1n) is 12.2. The van der Waals surface area contributed by atoms with E-state index in [1.54, 1.807) is 0 Å². The molecule has 0 aliphatic heterocycles. The van der Waals surface area contributed by atoms with Gasteiger partial charge >= 0.3 is 0 Å². The van der Waals surface area contributed by atoms with Crippen LogP contribution in [-0.2, 0) is 6.54 Å². The summed E-state index contributed by atoms with van der Waals surface area (Å²) >= 11 is 0. The quantitative estimate of drug-likeness (QED) is 0.373. The van der Waals surface area contributed by atoms with E-state index >= 15 is 0 Å². The minimum atomic E-state index is 0.403. The third kappa shape index (κ3) is 6.99. The minimum absolute atomic E-state index is 0.403. The van der Waals surface area contributed by atoms with Crippen molar-refractivity contribution in [3.63, 3.8) is 0 Å². The fraction of sp³-hybridized carbons (Fsp3) is 0.419. The van der Waals surface area contributed by atoms with Crippen molar-refractivity contribution in [2.24, 2.45) is 17.3 Å². The number of fused-ring (bicyclic) bond motifs is 1. The molecule has 0 saturated heterocycles. The van der Waals surface area contributed by atoms with Gasteiger partial charge in [0.2, 0.25) is 0 Å². The molecule has 1 aromatic carbocycles. The van der Waals surface area contributed by atoms with Crippen molar-refractivity contribution in [2.75, 3.05) is 0 Å². The predicted molar refractivity (Wildman–Crippen MR) is 141 cm³/mol. The molecule has 0 saturated carbocycles. The Morgan fingerprint density at radius 2 is 1.84 bits per heavy atom. The Balaban J connectivity index is 1.44. The van der Waals surface area contributed by atoms with E-state index in [2.05, 4.69) is 107 Å². The summed E-state index contributed by atoms with van der Waals surface area (Å²) in [6, 6.07) is 8.85. The van der Waals surface area contributed by atoms with E-state index in [4.69, 9.17) is 0 Å². The second kappa shape index (κ2) is 10.9. The zero-order chi connectivity index (χ0) is 23.1. The molecular formula is C31H41N. The van der Waals surface area contributed by atoms with Crippen molar-refractivity contribution in [1.82, 2.24) is 5.32 Å². The van der Waals surface area contributed by atoms with Gasteiger partial charge in [0.05, 0.1) is 0 Å². The molecule has 0 heterocycles. The molecule has 3 rings (SSSR count). The van der Waals surface area contributed by atoms with E-state index in [-0.39, 0.29) is 0 Å². The lowest BCUT2D eigenvalue weighted by Crippen LogP contribution is -2.14. The van der Waals surface area contributed by atoms with Crippen LogP contribution in [0.4, 0.5) is 0 Å². The highest BCUT2D eigenvalue weighted by molar-refractivity contribution is 5.63. The Bertz CT molecular complexity index is 928. The number of rotatable bonds is 11. The average Bonchev–Trinajstić information content (AvgIpc) is 3.24. The third-order valence-electron chi connectivity index (χ3n) is 6.59. The van der Waals surface area contributed by atoms with E-state index in [1.807, 2.05) is 0 Å². The molecule has 32 heavy (non-hydrogen) atoms. The molecule has 2 atom stereocenters. The van der Waals surface area contributed by atoms with Gasteiger partial charge in [-0.2, -0.15) is 0 Å². The molecule has 0 spiro atoms. The van der Waals surface area contributed by atoms with Crippen LogP contribution in [0.15, 0.2) is 90.7 Å². The van der Waals surface area contributed by atoms with Crippen molar-refractivity contribution >= 4 is 5.57 Å². The molecule has 2 unspecified atom stereocenters. The van der Waals surface area contributed by atoms with E-state index in [9.17, 15) is 0 Å². The first kappa shape index (κ1) is 24.1. The van der Waals surface area contributed by atoms with Gasteiger partial charge in [-0.3, -0.25) is 0 Å².